The summed E-state index contributed by atoms with van der Waals surface area (Å²) < 4.78 is 0. The second-order valence-corrected chi connectivity index (χ2v) is 6.15. The zero-order chi connectivity index (χ0) is 13.2. The summed E-state index contributed by atoms with van der Waals surface area (Å²) >= 11 is 0. The molecule has 1 aromatic rings. The van der Waals surface area contributed by atoms with Gasteiger partial charge in [0.25, 0.3) is 0 Å². The number of rotatable bonds is 2. The topological polar surface area (TPSA) is 29.3 Å². The number of hydrogen-bond donors (Lipinski definition) is 1. The van der Waals surface area contributed by atoms with Crippen LogP contribution in [-0.2, 0) is 6.42 Å². The largest absolute Gasteiger partial charge is 0.323 e. The Bertz CT molecular complexity index is 429. The van der Waals surface area contributed by atoms with Crippen LogP contribution in [0.1, 0.15) is 56.2 Å². The average molecular weight is 258 g/mol. The van der Waals surface area contributed by atoms with E-state index in [1.54, 1.807) is 0 Å². The Labute approximate surface area is 117 Å². The second kappa shape index (κ2) is 5.64. The summed E-state index contributed by atoms with van der Waals surface area (Å²) in [4.78, 5) is 2.73. The van der Waals surface area contributed by atoms with Crippen LogP contribution in [0.15, 0.2) is 24.3 Å². The third-order valence-corrected chi connectivity index (χ3v) is 5.08. The standard InChI is InChI=1S/C17H26N2/c1-2-14-9-4-3-7-11-19(14)16-12-13-8-5-6-10-15(13)17(16)18/h5-6,8,10,14,16-17H,2-4,7,9,11-12,18H2,1H3. The van der Waals surface area contributed by atoms with Crippen molar-refractivity contribution in [1.29, 1.82) is 0 Å². The molecule has 0 radical (unpaired) electrons. The van der Waals surface area contributed by atoms with Crippen LogP contribution in [0.4, 0.5) is 0 Å². The molecule has 0 spiro atoms. The van der Waals surface area contributed by atoms with Crippen LogP contribution in [-0.4, -0.2) is 23.5 Å². The fourth-order valence-corrected chi connectivity index (χ4v) is 4.00. The van der Waals surface area contributed by atoms with Crippen molar-refractivity contribution in [2.45, 2.75) is 63.6 Å². The summed E-state index contributed by atoms with van der Waals surface area (Å²) in [5.41, 5.74) is 9.40. The van der Waals surface area contributed by atoms with Crippen molar-refractivity contribution >= 4 is 0 Å². The Hall–Kier alpha value is -0.860. The molecule has 0 saturated carbocycles. The highest BCUT2D eigenvalue weighted by atomic mass is 15.2. The van der Waals surface area contributed by atoms with Crippen LogP contribution in [0.3, 0.4) is 0 Å². The quantitative estimate of drug-likeness (QED) is 0.882. The number of fused-ring (bicyclic) bond motifs is 1. The number of hydrogen-bond acceptors (Lipinski definition) is 2. The molecule has 1 aromatic carbocycles. The molecule has 1 aliphatic heterocycles. The van der Waals surface area contributed by atoms with Gasteiger partial charge in [0.2, 0.25) is 0 Å². The van der Waals surface area contributed by atoms with Gasteiger partial charge in [-0.15, -0.1) is 0 Å². The highest BCUT2D eigenvalue weighted by Gasteiger charge is 2.36. The van der Waals surface area contributed by atoms with Crippen LogP contribution in [0.5, 0.6) is 0 Å². The molecular weight excluding hydrogens is 232 g/mol. The molecule has 1 heterocycles. The summed E-state index contributed by atoms with van der Waals surface area (Å²) in [5.74, 6) is 0. The third-order valence-electron chi connectivity index (χ3n) is 5.08. The number of nitrogens with two attached hydrogens (primary N) is 1. The molecule has 1 aliphatic carbocycles. The van der Waals surface area contributed by atoms with E-state index in [0.717, 1.165) is 12.5 Å². The van der Waals surface area contributed by atoms with Gasteiger partial charge in [-0.1, -0.05) is 44.0 Å². The van der Waals surface area contributed by atoms with Crippen molar-refractivity contribution in [2.24, 2.45) is 5.73 Å². The lowest BCUT2D eigenvalue weighted by Gasteiger charge is -2.37. The number of nitrogens with zero attached hydrogens (tertiary/aromatic N) is 1. The monoisotopic (exact) mass is 258 g/mol. The molecule has 2 heteroatoms. The fourth-order valence-electron chi connectivity index (χ4n) is 4.00. The molecule has 104 valence electrons. The molecule has 2 N–H and O–H groups in total. The zero-order valence-corrected chi connectivity index (χ0v) is 12.0. The molecule has 19 heavy (non-hydrogen) atoms. The van der Waals surface area contributed by atoms with Gasteiger partial charge in [-0.3, -0.25) is 4.90 Å². The van der Waals surface area contributed by atoms with Gasteiger partial charge in [0, 0.05) is 18.1 Å². The summed E-state index contributed by atoms with van der Waals surface area (Å²) in [6, 6.07) is 10.2. The van der Waals surface area contributed by atoms with E-state index < -0.39 is 0 Å². The lowest BCUT2D eigenvalue weighted by Crippen LogP contribution is -2.46. The van der Waals surface area contributed by atoms with Gasteiger partial charge in [0.05, 0.1) is 0 Å². The Morgan fingerprint density at radius 3 is 2.84 bits per heavy atom. The second-order valence-electron chi connectivity index (χ2n) is 6.15. The van der Waals surface area contributed by atoms with Crippen LogP contribution in [0.25, 0.3) is 0 Å². The van der Waals surface area contributed by atoms with Crippen LogP contribution < -0.4 is 5.73 Å². The lowest BCUT2D eigenvalue weighted by molar-refractivity contribution is 0.120. The Morgan fingerprint density at radius 1 is 1.21 bits per heavy atom. The van der Waals surface area contributed by atoms with E-state index in [9.17, 15) is 0 Å². The van der Waals surface area contributed by atoms with E-state index in [-0.39, 0.29) is 6.04 Å². The molecule has 3 unspecified atom stereocenters. The minimum Gasteiger partial charge on any atom is -0.323 e. The molecular formula is C17H26N2. The molecule has 3 rings (SSSR count). The van der Waals surface area contributed by atoms with Crippen molar-refractivity contribution in [1.82, 2.24) is 4.90 Å². The SMILES string of the molecule is CCC1CCCCCN1C1Cc2ccccc2C1N. The van der Waals surface area contributed by atoms with Gasteiger partial charge in [-0.05, 0) is 43.4 Å². The van der Waals surface area contributed by atoms with Crippen LogP contribution in [0, 0.1) is 0 Å². The first-order valence-electron chi connectivity index (χ1n) is 7.90. The molecule has 3 atom stereocenters. The maximum atomic E-state index is 6.55. The molecule has 0 bridgehead atoms. The van der Waals surface area contributed by atoms with E-state index >= 15 is 0 Å². The van der Waals surface area contributed by atoms with E-state index in [0.29, 0.717) is 6.04 Å². The average Bonchev–Trinajstić information content (AvgIpc) is 2.64. The predicted octanol–water partition coefficient (Wildman–Crippen LogP) is 3.27. The Kier molecular flexibility index (Phi) is 3.90. The van der Waals surface area contributed by atoms with Crippen LogP contribution >= 0.6 is 0 Å². The summed E-state index contributed by atoms with van der Waals surface area (Å²) in [6.45, 7) is 3.57. The van der Waals surface area contributed by atoms with Crippen molar-refractivity contribution in [3.63, 3.8) is 0 Å². The smallest absolute Gasteiger partial charge is 0.0459 e. The predicted molar refractivity (Wildman–Crippen MR) is 80.1 cm³/mol. The van der Waals surface area contributed by atoms with E-state index in [1.165, 1.54) is 49.8 Å². The van der Waals surface area contributed by atoms with Crippen molar-refractivity contribution in [3.8, 4) is 0 Å². The van der Waals surface area contributed by atoms with Gasteiger partial charge in [0.15, 0.2) is 0 Å². The first-order valence-corrected chi connectivity index (χ1v) is 7.90. The summed E-state index contributed by atoms with van der Waals surface area (Å²) in [7, 11) is 0. The zero-order valence-electron chi connectivity index (χ0n) is 12.0. The maximum absolute atomic E-state index is 6.55. The van der Waals surface area contributed by atoms with Gasteiger partial charge in [-0.25, -0.2) is 0 Å². The normalized spacial score (nSPS) is 32.0. The molecule has 1 fully saturated rings. The highest BCUT2D eigenvalue weighted by Crippen LogP contribution is 2.35. The first-order chi connectivity index (χ1) is 9.31. The maximum Gasteiger partial charge on any atom is 0.0459 e. The van der Waals surface area contributed by atoms with E-state index in [2.05, 4.69) is 36.1 Å². The van der Waals surface area contributed by atoms with Crippen LogP contribution in [0.2, 0.25) is 0 Å². The Balaban J connectivity index is 1.82. The van der Waals surface area contributed by atoms with Crippen molar-refractivity contribution in [2.75, 3.05) is 6.54 Å². The minimum atomic E-state index is 0.211. The molecule has 2 aliphatic rings. The van der Waals surface area contributed by atoms with E-state index in [1.807, 2.05) is 0 Å². The van der Waals surface area contributed by atoms with E-state index in [4.69, 9.17) is 5.73 Å². The number of likely N-dealkylation sites (tertiary alicyclic amines) is 1. The minimum absolute atomic E-state index is 0.211. The summed E-state index contributed by atoms with van der Waals surface area (Å²) in [6.07, 6.45) is 7.89. The third kappa shape index (κ3) is 2.44. The number of benzene rings is 1. The van der Waals surface area contributed by atoms with Crippen molar-refractivity contribution in [3.05, 3.63) is 35.4 Å². The van der Waals surface area contributed by atoms with Crippen molar-refractivity contribution < 1.29 is 0 Å². The molecule has 0 amide bonds. The van der Waals surface area contributed by atoms with Gasteiger partial charge in [0.1, 0.15) is 0 Å². The Morgan fingerprint density at radius 2 is 2.05 bits per heavy atom. The lowest BCUT2D eigenvalue weighted by atomic mass is 10.0. The molecule has 0 aromatic heterocycles. The van der Waals surface area contributed by atoms with Gasteiger partial charge in [-0.2, -0.15) is 0 Å². The summed E-state index contributed by atoms with van der Waals surface area (Å²) in [5, 5.41) is 0. The first kappa shape index (κ1) is 13.1. The molecule has 2 nitrogen and oxygen atoms in total. The fraction of sp³-hybridized carbons (Fsp3) is 0.647. The molecule has 1 saturated heterocycles. The highest BCUT2D eigenvalue weighted by molar-refractivity contribution is 5.37. The van der Waals surface area contributed by atoms with Gasteiger partial charge < -0.3 is 5.73 Å². The van der Waals surface area contributed by atoms with Gasteiger partial charge >= 0.3 is 0 Å².